The van der Waals surface area contributed by atoms with Crippen LogP contribution in [0.1, 0.15) is 24.2 Å². The number of hydrogen-bond donors (Lipinski definition) is 1. The van der Waals surface area contributed by atoms with Crippen molar-refractivity contribution in [1.29, 1.82) is 0 Å². The first-order valence-electron chi connectivity index (χ1n) is 5.72. The predicted molar refractivity (Wildman–Crippen MR) is 66.5 cm³/mol. The molecule has 2 N–H and O–H groups in total. The minimum absolute atomic E-state index is 0.204. The summed E-state index contributed by atoms with van der Waals surface area (Å²) < 4.78 is 20.5. The van der Waals surface area contributed by atoms with Gasteiger partial charge in [-0.2, -0.15) is 5.10 Å². The van der Waals surface area contributed by atoms with E-state index in [0.717, 1.165) is 11.3 Å². The second-order valence-corrected chi connectivity index (χ2v) is 4.24. The standard InChI is InChI=1S/C13H16FN3O/c1-9(15)12-4-3-10(14)7-13(12)18-8-11-5-6-17(2)16-11/h3-7,9H,8,15H2,1-2H3/t9-/m1/s1. The Bertz CT molecular complexity index is 537. The summed E-state index contributed by atoms with van der Waals surface area (Å²) in [5, 5.41) is 4.19. The second-order valence-electron chi connectivity index (χ2n) is 4.24. The zero-order valence-electron chi connectivity index (χ0n) is 10.4. The number of aromatic nitrogens is 2. The van der Waals surface area contributed by atoms with E-state index < -0.39 is 0 Å². The maximum Gasteiger partial charge on any atom is 0.132 e. The Kier molecular flexibility index (Phi) is 3.62. The van der Waals surface area contributed by atoms with E-state index in [0.29, 0.717) is 12.4 Å². The Balaban J connectivity index is 2.15. The van der Waals surface area contributed by atoms with E-state index in [4.69, 9.17) is 10.5 Å². The topological polar surface area (TPSA) is 53.1 Å². The first-order chi connectivity index (χ1) is 8.56. The van der Waals surface area contributed by atoms with Crippen LogP contribution in [0.5, 0.6) is 5.75 Å². The van der Waals surface area contributed by atoms with Crippen LogP contribution in [0, 0.1) is 5.82 Å². The molecule has 4 nitrogen and oxygen atoms in total. The van der Waals surface area contributed by atoms with Crippen LogP contribution in [0.25, 0.3) is 0 Å². The molecule has 1 aromatic heterocycles. The molecule has 1 heterocycles. The Labute approximate surface area is 105 Å². The normalized spacial score (nSPS) is 12.4. The highest BCUT2D eigenvalue weighted by Gasteiger charge is 2.10. The first-order valence-corrected chi connectivity index (χ1v) is 5.72. The molecule has 0 unspecified atom stereocenters. The van der Waals surface area contributed by atoms with Crippen molar-refractivity contribution < 1.29 is 9.13 Å². The number of nitrogens with two attached hydrogens (primary N) is 1. The molecular weight excluding hydrogens is 233 g/mol. The summed E-state index contributed by atoms with van der Waals surface area (Å²) in [5.74, 6) is 0.131. The summed E-state index contributed by atoms with van der Waals surface area (Å²) in [7, 11) is 1.83. The molecule has 2 aromatic rings. The fourth-order valence-electron chi connectivity index (χ4n) is 1.70. The summed E-state index contributed by atoms with van der Waals surface area (Å²) in [6.07, 6.45) is 1.83. The van der Waals surface area contributed by atoms with Gasteiger partial charge in [-0.3, -0.25) is 4.68 Å². The number of hydrogen-bond acceptors (Lipinski definition) is 3. The van der Waals surface area contributed by atoms with Gasteiger partial charge in [-0.15, -0.1) is 0 Å². The van der Waals surface area contributed by atoms with Crippen molar-refractivity contribution in [2.45, 2.75) is 19.6 Å². The summed E-state index contributed by atoms with van der Waals surface area (Å²) in [5.41, 5.74) is 7.39. The van der Waals surface area contributed by atoms with Crippen LogP contribution >= 0.6 is 0 Å². The summed E-state index contributed by atoms with van der Waals surface area (Å²) >= 11 is 0. The van der Waals surface area contributed by atoms with Gasteiger partial charge in [0.25, 0.3) is 0 Å². The summed E-state index contributed by atoms with van der Waals surface area (Å²) in [6, 6.07) is 6.02. The van der Waals surface area contributed by atoms with E-state index in [1.54, 1.807) is 10.7 Å². The average Bonchev–Trinajstić information content (AvgIpc) is 2.72. The van der Waals surface area contributed by atoms with Gasteiger partial charge >= 0.3 is 0 Å². The second kappa shape index (κ2) is 5.18. The Morgan fingerprint density at radius 3 is 2.83 bits per heavy atom. The van der Waals surface area contributed by atoms with Crippen molar-refractivity contribution in [3.63, 3.8) is 0 Å². The molecule has 0 radical (unpaired) electrons. The van der Waals surface area contributed by atoms with Crippen LogP contribution in [0.3, 0.4) is 0 Å². The highest BCUT2D eigenvalue weighted by Crippen LogP contribution is 2.25. The average molecular weight is 249 g/mol. The van der Waals surface area contributed by atoms with Crippen molar-refractivity contribution in [3.8, 4) is 5.75 Å². The lowest BCUT2D eigenvalue weighted by atomic mass is 10.1. The molecule has 0 saturated carbocycles. The highest BCUT2D eigenvalue weighted by atomic mass is 19.1. The molecule has 0 amide bonds. The maximum absolute atomic E-state index is 13.2. The Hall–Kier alpha value is -1.88. The van der Waals surface area contributed by atoms with Gasteiger partial charge in [0.15, 0.2) is 0 Å². The van der Waals surface area contributed by atoms with Gasteiger partial charge in [0.1, 0.15) is 18.2 Å². The molecular formula is C13H16FN3O. The van der Waals surface area contributed by atoms with Crippen molar-refractivity contribution in [2.75, 3.05) is 0 Å². The van der Waals surface area contributed by atoms with Gasteiger partial charge in [0.2, 0.25) is 0 Å². The van der Waals surface area contributed by atoms with E-state index in [1.807, 2.05) is 26.2 Å². The van der Waals surface area contributed by atoms with Crippen LogP contribution in [0.15, 0.2) is 30.5 Å². The maximum atomic E-state index is 13.2. The van der Waals surface area contributed by atoms with Crippen LogP contribution in [-0.2, 0) is 13.7 Å². The molecule has 5 heteroatoms. The highest BCUT2D eigenvalue weighted by molar-refractivity contribution is 5.36. The van der Waals surface area contributed by atoms with Gasteiger partial charge in [-0.05, 0) is 19.1 Å². The number of halogens is 1. The van der Waals surface area contributed by atoms with Gasteiger partial charge < -0.3 is 10.5 Å². The molecule has 1 atom stereocenters. The smallest absolute Gasteiger partial charge is 0.132 e. The van der Waals surface area contributed by atoms with Gasteiger partial charge in [0.05, 0.1) is 5.69 Å². The van der Waals surface area contributed by atoms with Crippen LogP contribution in [0.4, 0.5) is 4.39 Å². The van der Waals surface area contributed by atoms with E-state index in [2.05, 4.69) is 5.10 Å². The quantitative estimate of drug-likeness (QED) is 0.903. The third-order valence-electron chi connectivity index (χ3n) is 2.61. The van der Waals surface area contributed by atoms with Gasteiger partial charge in [-0.25, -0.2) is 4.39 Å². The van der Waals surface area contributed by atoms with Crippen LogP contribution in [-0.4, -0.2) is 9.78 Å². The van der Waals surface area contributed by atoms with Crippen molar-refractivity contribution >= 4 is 0 Å². The largest absolute Gasteiger partial charge is 0.487 e. The third-order valence-corrected chi connectivity index (χ3v) is 2.61. The van der Waals surface area contributed by atoms with Crippen molar-refractivity contribution in [2.24, 2.45) is 12.8 Å². The van der Waals surface area contributed by atoms with E-state index in [1.165, 1.54) is 12.1 Å². The molecule has 0 spiro atoms. The van der Waals surface area contributed by atoms with Crippen molar-refractivity contribution in [3.05, 3.63) is 47.5 Å². The lowest BCUT2D eigenvalue weighted by Gasteiger charge is -2.13. The lowest BCUT2D eigenvalue weighted by Crippen LogP contribution is -2.08. The summed E-state index contributed by atoms with van der Waals surface area (Å²) in [6.45, 7) is 2.13. The SMILES string of the molecule is C[C@@H](N)c1ccc(F)cc1OCc1ccn(C)n1. The molecule has 0 aliphatic heterocycles. The number of aryl methyl sites for hydroxylation is 1. The number of rotatable bonds is 4. The lowest BCUT2D eigenvalue weighted by molar-refractivity contribution is 0.294. The molecule has 1 aromatic carbocycles. The molecule has 96 valence electrons. The minimum atomic E-state index is -0.338. The van der Waals surface area contributed by atoms with E-state index >= 15 is 0 Å². The van der Waals surface area contributed by atoms with Crippen LogP contribution in [0.2, 0.25) is 0 Å². The fraction of sp³-hybridized carbons (Fsp3) is 0.308. The molecule has 2 rings (SSSR count). The molecule has 0 aliphatic carbocycles. The zero-order chi connectivity index (χ0) is 13.1. The molecule has 18 heavy (non-hydrogen) atoms. The zero-order valence-corrected chi connectivity index (χ0v) is 10.4. The van der Waals surface area contributed by atoms with E-state index in [-0.39, 0.29) is 11.9 Å². The molecule has 0 fully saturated rings. The Morgan fingerprint density at radius 1 is 1.44 bits per heavy atom. The number of ether oxygens (including phenoxy) is 1. The monoisotopic (exact) mass is 249 g/mol. The predicted octanol–water partition coefficient (Wildman–Crippen LogP) is 2.16. The molecule has 0 saturated heterocycles. The van der Waals surface area contributed by atoms with E-state index in [9.17, 15) is 4.39 Å². The van der Waals surface area contributed by atoms with Crippen LogP contribution < -0.4 is 10.5 Å². The number of nitrogens with zero attached hydrogens (tertiary/aromatic N) is 2. The van der Waals surface area contributed by atoms with Gasteiger partial charge in [-0.1, -0.05) is 6.07 Å². The Morgan fingerprint density at radius 2 is 2.22 bits per heavy atom. The first kappa shape index (κ1) is 12.6. The number of benzene rings is 1. The van der Waals surface area contributed by atoms with Crippen molar-refractivity contribution in [1.82, 2.24) is 9.78 Å². The summed E-state index contributed by atoms with van der Waals surface area (Å²) in [4.78, 5) is 0. The third kappa shape index (κ3) is 2.87. The molecule has 0 aliphatic rings. The minimum Gasteiger partial charge on any atom is -0.487 e. The molecule has 0 bridgehead atoms. The fourth-order valence-corrected chi connectivity index (χ4v) is 1.70. The van der Waals surface area contributed by atoms with Gasteiger partial charge in [0, 0.05) is 30.9 Å².